The summed E-state index contributed by atoms with van der Waals surface area (Å²) in [5.41, 5.74) is 1.47. The smallest absolute Gasteiger partial charge is 0.263 e. The quantitative estimate of drug-likeness (QED) is 0.286. The number of aromatic nitrogens is 4. The molecule has 2 aromatic carbocycles. The third-order valence-electron chi connectivity index (χ3n) is 5.85. The fraction of sp³-hybridized carbons (Fsp3) is 0.217. The molecule has 4 aromatic rings. The highest BCUT2D eigenvalue weighted by Crippen LogP contribution is 2.28. The molecule has 4 N–H and O–H groups in total. The number of carbonyl (C=O) groups excluding carboxylic acids is 1. The maximum atomic E-state index is 12.7. The van der Waals surface area contributed by atoms with Crippen molar-refractivity contribution in [3.8, 4) is 11.4 Å². The number of halogens is 2. The summed E-state index contributed by atoms with van der Waals surface area (Å²) in [7, 11) is -3.94. The maximum Gasteiger partial charge on any atom is 0.263 e. The van der Waals surface area contributed by atoms with Crippen LogP contribution in [0.4, 0.5) is 11.5 Å². The van der Waals surface area contributed by atoms with Crippen molar-refractivity contribution in [2.75, 3.05) is 23.1 Å². The van der Waals surface area contributed by atoms with E-state index in [1.54, 1.807) is 30.5 Å². The Bertz CT molecular complexity index is 1540. The van der Waals surface area contributed by atoms with E-state index in [-0.39, 0.29) is 26.8 Å². The molecule has 0 radical (unpaired) electrons. The molecule has 1 saturated heterocycles. The minimum Gasteiger partial charge on any atom is -0.317 e. The molecule has 1 aliphatic rings. The standard InChI is InChI=1S/C23H21Cl2N7O3S/c24-15-3-6-18(25)19(11-15)36(34,35)32-16-4-1-13(2-5-16)20-27-12-17-21(28-20)30-31-22(17)29-23(33)14-7-9-26-10-8-14/h1-6,11-12,14,26,32H,7-10H2,(H2,27,28,29,30,31,33). The van der Waals surface area contributed by atoms with E-state index in [9.17, 15) is 13.2 Å². The molecule has 5 rings (SSSR count). The molecule has 1 fully saturated rings. The van der Waals surface area contributed by atoms with Crippen LogP contribution in [-0.4, -0.2) is 47.6 Å². The summed E-state index contributed by atoms with van der Waals surface area (Å²) in [5.74, 6) is 0.689. The van der Waals surface area contributed by atoms with Crippen LogP contribution in [0.2, 0.25) is 10.0 Å². The first-order valence-electron chi connectivity index (χ1n) is 11.1. The second-order valence-electron chi connectivity index (χ2n) is 8.30. The summed E-state index contributed by atoms with van der Waals surface area (Å²) >= 11 is 12.0. The Kier molecular flexibility index (Phi) is 6.80. The summed E-state index contributed by atoms with van der Waals surface area (Å²) in [5, 5.41) is 14.1. The molecule has 3 heterocycles. The van der Waals surface area contributed by atoms with E-state index in [2.05, 4.69) is 35.5 Å². The van der Waals surface area contributed by atoms with E-state index in [4.69, 9.17) is 23.2 Å². The third-order valence-corrected chi connectivity index (χ3v) is 7.95. The van der Waals surface area contributed by atoms with Gasteiger partial charge in [0.25, 0.3) is 10.0 Å². The fourth-order valence-electron chi connectivity index (χ4n) is 3.93. The first-order valence-corrected chi connectivity index (χ1v) is 13.3. The number of hydrogen-bond acceptors (Lipinski definition) is 7. The minimum absolute atomic E-state index is 0.0518. The Hall–Kier alpha value is -3.25. The molecular formula is C23H21Cl2N7O3S. The van der Waals surface area contributed by atoms with Crippen LogP contribution in [0.1, 0.15) is 12.8 Å². The number of rotatable bonds is 6. The molecule has 2 aromatic heterocycles. The van der Waals surface area contributed by atoms with Gasteiger partial charge >= 0.3 is 0 Å². The zero-order valence-corrected chi connectivity index (χ0v) is 21.1. The van der Waals surface area contributed by atoms with Crippen LogP contribution < -0.4 is 15.4 Å². The number of hydrogen-bond donors (Lipinski definition) is 4. The van der Waals surface area contributed by atoms with Gasteiger partial charge in [0, 0.05) is 28.4 Å². The van der Waals surface area contributed by atoms with Crippen molar-refractivity contribution in [3.05, 3.63) is 58.7 Å². The van der Waals surface area contributed by atoms with Crippen LogP contribution in [-0.2, 0) is 14.8 Å². The number of nitrogens with zero attached hydrogens (tertiary/aromatic N) is 3. The molecule has 1 aliphatic heterocycles. The number of fused-ring (bicyclic) bond motifs is 1. The highest BCUT2D eigenvalue weighted by Gasteiger charge is 2.23. The predicted molar refractivity (Wildman–Crippen MR) is 139 cm³/mol. The van der Waals surface area contributed by atoms with E-state index in [1.165, 1.54) is 18.2 Å². The number of H-pyrrole nitrogens is 1. The molecule has 13 heteroatoms. The number of anilines is 2. The van der Waals surface area contributed by atoms with Crippen molar-refractivity contribution in [3.63, 3.8) is 0 Å². The molecule has 36 heavy (non-hydrogen) atoms. The van der Waals surface area contributed by atoms with Gasteiger partial charge in [-0.15, -0.1) is 0 Å². The van der Waals surface area contributed by atoms with Crippen LogP contribution >= 0.6 is 23.2 Å². The monoisotopic (exact) mass is 545 g/mol. The Labute approximate surface area is 216 Å². The Morgan fingerprint density at radius 1 is 1.06 bits per heavy atom. The van der Waals surface area contributed by atoms with Gasteiger partial charge in [-0.25, -0.2) is 18.4 Å². The Morgan fingerprint density at radius 2 is 1.81 bits per heavy atom. The van der Waals surface area contributed by atoms with E-state index >= 15 is 0 Å². The molecule has 0 unspecified atom stereocenters. The van der Waals surface area contributed by atoms with Gasteiger partial charge in [0.2, 0.25) is 5.91 Å². The van der Waals surface area contributed by atoms with Crippen molar-refractivity contribution in [2.24, 2.45) is 5.92 Å². The SMILES string of the molecule is O=C(Nc1n[nH]c2nc(-c3ccc(NS(=O)(=O)c4cc(Cl)ccc4Cl)cc3)ncc12)C1CCNCC1. The highest BCUT2D eigenvalue weighted by atomic mass is 35.5. The number of sulfonamides is 1. The molecule has 0 bridgehead atoms. The van der Waals surface area contributed by atoms with Crippen LogP contribution in [0.15, 0.2) is 53.6 Å². The average Bonchev–Trinajstić information content (AvgIpc) is 3.28. The van der Waals surface area contributed by atoms with Gasteiger partial charge in [-0.2, -0.15) is 5.10 Å². The molecule has 0 spiro atoms. The summed E-state index contributed by atoms with van der Waals surface area (Å²) in [6.45, 7) is 1.64. The summed E-state index contributed by atoms with van der Waals surface area (Å²) < 4.78 is 28.0. The van der Waals surface area contributed by atoms with Gasteiger partial charge in [0.15, 0.2) is 17.3 Å². The second-order valence-corrected chi connectivity index (χ2v) is 10.8. The zero-order chi connectivity index (χ0) is 25.3. The lowest BCUT2D eigenvalue weighted by atomic mass is 9.97. The van der Waals surface area contributed by atoms with Crippen LogP contribution in [0.3, 0.4) is 0 Å². The number of aromatic amines is 1. The average molecular weight is 546 g/mol. The molecule has 1 amide bonds. The van der Waals surface area contributed by atoms with Crippen LogP contribution in [0.5, 0.6) is 0 Å². The first-order chi connectivity index (χ1) is 17.3. The third kappa shape index (κ3) is 5.14. The van der Waals surface area contributed by atoms with Crippen LogP contribution in [0.25, 0.3) is 22.4 Å². The van der Waals surface area contributed by atoms with Crippen molar-refractivity contribution in [1.82, 2.24) is 25.5 Å². The summed E-state index contributed by atoms with van der Waals surface area (Å²) in [6, 6.07) is 10.8. The first kappa shape index (κ1) is 24.4. The van der Waals surface area contributed by atoms with E-state index in [0.29, 0.717) is 33.9 Å². The zero-order valence-electron chi connectivity index (χ0n) is 18.8. The number of nitrogens with one attached hydrogen (secondary N) is 4. The number of carbonyl (C=O) groups is 1. The van der Waals surface area contributed by atoms with E-state index in [0.717, 1.165) is 25.9 Å². The fourth-order valence-corrected chi connectivity index (χ4v) is 5.75. The Balaban J connectivity index is 1.32. The molecule has 0 saturated carbocycles. The summed E-state index contributed by atoms with van der Waals surface area (Å²) in [4.78, 5) is 21.3. The molecule has 186 valence electrons. The van der Waals surface area contributed by atoms with Crippen molar-refractivity contribution >= 4 is 61.7 Å². The second kappa shape index (κ2) is 10.0. The van der Waals surface area contributed by atoms with E-state index in [1.807, 2.05) is 0 Å². The van der Waals surface area contributed by atoms with Gasteiger partial charge in [-0.05, 0) is 68.4 Å². The number of piperidine rings is 1. The lowest BCUT2D eigenvalue weighted by Gasteiger charge is -2.21. The lowest BCUT2D eigenvalue weighted by molar-refractivity contribution is -0.120. The maximum absolute atomic E-state index is 12.7. The van der Waals surface area contributed by atoms with E-state index < -0.39 is 10.0 Å². The van der Waals surface area contributed by atoms with Crippen molar-refractivity contribution < 1.29 is 13.2 Å². The minimum atomic E-state index is -3.94. The van der Waals surface area contributed by atoms with Gasteiger partial charge in [-0.1, -0.05) is 23.2 Å². The molecular weight excluding hydrogens is 525 g/mol. The van der Waals surface area contributed by atoms with Crippen LogP contribution in [0, 0.1) is 5.92 Å². The summed E-state index contributed by atoms with van der Waals surface area (Å²) in [6.07, 6.45) is 3.16. The number of amides is 1. The van der Waals surface area contributed by atoms with Crippen molar-refractivity contribution in [2.45, 2.75) is 17.7 Å². The highest BCUT2D eigenvalue weighted by molar-refractivity contribution is 7.92. The van der Waals surface area contributed by atoms with Gasteiger partial charge in [0.1, 0.15) is 4.90 Å². The molecule has 0 atom stereocenters. The Morgan fingerprint density at radius 3 is 2.56 bits per heavy atom. The molecule has 0 aliphatic carbocycles. The topological polar surface area (TPSA) is 142 Å². The number of benzene rings is 2. The van der Waals surface area contributed by atoms with Gasteiger partial charge in [0.05, 0.1) is 10.4 Å². The predicted octanol–water partition coefficient (Wildman–Crippen LogP) is 4.07. The lowest BCUT2D eigenvalue weighted by Crippen LogP contribution is -2.34. The largest absolute Gasteiger partial charge is 0.317 e. The normalized spacial score (nSPS) is 14.6. The van der Waals surface area contributed by atoms with Gasteiger partial charge in [-0.3, -0.25) is 14.6 Å². The molecule has 10 nitrogen and oxygen atoms in total. The van der Waals surface area contributed by atoms with Crippen molar-refractivity contribution in [1.29, 1.82) is 0 Å². The van der Waals surface area contributed by atoms with Gasteiger partial charge < -0.3 is 10.6 Å².